The number of aromatic nitrogens is 1. The maximum Gasteiger partial charge on any atom is 0.0794 e. The molecule has 106 valence electrons. The fraction of sp³-hybridized carbons (Fsp3) is 0.800. The molecule has 1 aromatic rings. The van der Waals surface area contributed by atoms with Gasteiger partial charge in [0.25, 0.3) is 0 Å². The molecule has 1 unspecified atom stereocenters. The molecule has 0 spiro atoms. The van der Waals surface area contributed by atoms with Crippen LogP contribution in [0.25, 0.3) is 0 Å². The van der Waals surface area contributed by atoms with Gasteiger partial charge in [-0.1, -0.05) is 19.3 Å². The summed E-state index contributed by atoms with van der Waals surface area (Å²) in [5, 5.41) is 10.9. The molecular weight excluding hydrogens is 256 g/mol. The maximum absolute atomic E-state index is 10.9. The molecule has 19 heavy (non-hydrogen) atoms. The van der Waals surface area contributed by atoms with Crippen molar-refractivity contribution in [2.75, 3.05) is 13.1 Å². The average Bonchev–Trinajstić information content (AvgIpc) is 3.11. The van der Waals surface area contributed by atoms with Crippen LogP contribution in [0.15, 0.2) is 11.7 Å². The standard InChI is InChI=1S/C15H24N2OS/c18-14(10-13-11-16-12-19-13)15(6-2-3-7-15)17-8-4-1-5-9-17/h11-12,14,18H,1-10H2. The second-order valence-electron chi connectivity index (χ2n) is 6.05. The third-order valence-corrected chi connectivity index (χ3v) is 5.76. The van der Waals surface area contributed by atoms with Gasteiger partial charge in [0.1, 0.15) is 0 Å². The number of nitrogens with zero attached hydrogens (tertiary/aromatic N) is 2. The smallest absolute Gasteiger partial charge is 0.0794 e. The van der Waals surface area contributed by atoms with E-state index in [1.165, 1.54) is 62.9 Å². The van der Waals surface area contributed by atoms with E-state index in [-0.39, 0.29) is 11.6 Å². The zero-order valence-electron chi connectivity index (χ0n) is 11.6. The summed E-state index contributed by atoms with van der Waals surface area (Å²) in [5.41, 5.74) is 1.93. The lowest BCUT2D eigenvalue weighted by Crippen LogP contribution is -2.57. The van der Waals surface area contributed by atoms with Crippen molar-refractivity contribution in [2.24, 2.45) is 0 Å². The number of hydrogen-bond donors (Lipinski definition) is 1. The second kappa shape index (κ2) is 5.90. The van der Waals surface area contributed by atoms with Gasteiger partial charge < -0.3 is 5.11 Å². The van der Waals surface area contributed by atoms with Crippen LogP contribution in [0.1, 0.15) is 49.8 Å². The Morgan fingerprint density at radius 1 is 1.21 bits per heavy atom. The van der Waals surface area contributed by atoms with Crippen molar-refractivity contribution in [2.45, 2.75) is 63.0 Å². The Morgan fingerprint density at radius 3 is 2.58 bits per heavy atom. The topological polar surface area (TPSA) is 36.4 Å². The van der Waals surface area contributed by atoms with Gasteiger partial charge >= 0.3 is 0 Å². The van der Waals surface area contributed by atoms with Crippen LogP contribution in [0, 0.1) is 0 Å². The van der Waals surface area contributed by atoms with Gasteiger partial charge in [0.2, 0.25) is 0 Å². The van der Waals surface area contributed by atoms with E-state index in [9.17, 15) is 5.11 Å². The summed E-state index contributed by atoms with van der Waals surface area (Å²) >= 11 is 1.67. The predicted molar refractivity (Wildman–Crippen MR) is 78.4 cm³/mol. The van der Waals surface area contributed by atoms with Crippen LogP contribution in [0.5, 0.6) is 0 Å². The monoisotopic (exact) mass is 280 g/mol. The van der Waals surface area contributed by atoms with Crippen LogP contribution in [0.4, 0.5) is 0 Å². The molecule has 2 fully saturated rings. The first-order valence-electron chi connectivity index (χ1n) is 7.62. The first-order chi connectivity index (χ1) is 9.31. The Bertz CT molecular complexity index is 381. The van der Waals surface area contributed by atoms with Crippen LogP contribution in [0.2, 0.25) is 0 Å². The molecule has 3 nitrogen and oxygen atoms in total. The molecule has 0 aromatic carbocycles. The van der Waals surface area contributed by atoms with E-state index >= 15 is 0 Å². The average molecular weight is 280 g/mol. The van der Waals surface area contributed by atoms with E-state index in [4.69, 9.17) is 0 Å². The van der Waals surface area contributed by atoms with Gasteiger partial charge in [-0.15, -0.1) is 11.3 Å². The quantitative estimate of drug-likeness (QED) is 0.921. The Labute approximate surface area is 119 Å². The minimum Gasteiger partial charge on any atom is -0.391 e. The summed E-state index contributed by atoms with van der Waals surface area (Å²) in [5.74, 6) is 0. The summed E-state index contributed by atoms with van der Waals surface area (Å²) in [6.45, 7) is 2.36. The van der Waals surface area contributed by atoms with E-state index in [1.807, 2.05) is 11.7 Å². The Hall–Kier alpha value is -0.450. The number of thiazole rings is 1. The SMILES string of the molecule is OC(Cc1cncs1)C1(N2CCCCC2)CCCC1. The van der Waals surface area contributed by atoms with Gasteiger partial charge in [0, 0.05) is 23.0 Å². The number of aliphatic hydroxyl groups excluding tert-OH is 1. The molecule has 1 atom stereocenters. The molecule has 0 amide bonds. The number of aliphatic hydroxyl groups is 1. The molecule has 3 rings (SSSR count). The molecule has 1 saturated heterocycles. The minimum atomic E-state index is -0.228. The predicted octanol–water partition coefficient (Wildman–Crippen LogP) is 2.85. The lowest BCUT2D eigenvalue weighted by Gasteiger charge is -2.46. The van der Waals surface area contributed by atoms with Crippen LogP contribution < -0.4 is 0 Å². The lowest BCUT2D eigenvalue weighted by molar-refractivity contribution is -0.0377. The highest BCUT2D eigenvalue weighted by atomic mass is 32.1. The molecule has 2 heterocycles. The minimum absolute atomic E-state index is 0.0599. The number of likely N-dealkylation sites (tertiary alicyclic amines) is 1. The van der Waals surface area contributed by atoms with E-state index < -0.39 is 0 Å². The van der Waals surface area contributed by atoms with Crippen molar-refractivity contribution < 1.29 is 5.11 Å². The summed E-state index contributed by atoms with van der Waals surface area (Å²) in [4.78, 5) is 7.96. The summed E-state index contributed by atoms with van der Waals surface area (Å²) in [6, 6.07) is 0. The summed E-state index contributed by atoms with van der Waals surface area (Å²) < 4.78 is 0. The van der Waals surface area contributed by atoms with Crippen molar-refractivity contribution >= 4 is 11.3 Å². The van der Waals surface area contributed by atoms with Crippen molar-refractivity contribution in [3.8, 4) is 0 Å². The molecule has 1 N–H and O–H groups in total. The van der Waals surface area contributed by atoms with Gasteiger partial charge in [0.05, 0.1) is 11.6 Å². The highest BCUT2D eigenvalue weighted by molar-refractivity contribution is 7.09. The van der Waals surface area contributed by atoms with Crippen LogP contribution in [-0.4, -0.2) is 39.7 Å². The number of piperidine rings is 1. The van der Waals surface area contributed by atoms with Crippen molar-refractivity contribution in [1.29, 1.82) is 0 Å². The number of hydrogen-bond acceptors (Lipinski definition) is 4. The number of rotatable bonds is 4. The summed E-state index contributed by atoms with van der Waals surface area (Å²) in [7, 11) is 0. The fourth-order valence-electron chi connectivity index (χ4n) is 3.91. The maximum atomic E-state index is 10.9. The molecular formula is C15H24N2OS. The van der Waals surface area contributed by atoms with Gasteiger partial charge in [-0.05, 0) is 38.8 Å². The van der Waals surface area contributed by atoms with E-state index in [0.717, 1.165) is 6.42 Å². The van der Waals surface area contributed by atoms with E-state index in [2.05, 4.69) is 9.88 Å². The first kappa shape index (κ1) is 13.5. The first-order valence-corrected chi connectivity index (χ1v) is 8.50. The lowest BCUT2D eigenvalue weighted by atomic mass is 9.84. The summed E-state index contributed by atoms with van der Waals surface area (Å²) in [6.07, 6.45) is 11.3. The van der Waals surface area contributed by atoms with E-state index in [0.29, 0.717) is 0 Å². The third-order valence-electron chi connectivity index (χ3n) is 4.95. The Kier molecular flexibility index (Phi) is 4.20. The van der Waals surface area contributed by atoms with E-state index in [1.54, 1.807) is 11.3 Å². The van der Waals surface area contributed by atoms with Crippen LogP contribution in [0.3, 0.4) is 0 Å². The van der Waals surface area contributed by atoms with Crippen LogP contribution >= 0.6 is 11.3 Å². The molecule has 1 aliphatic carbocycles. The van der Waals surface area contributed by atoms with Crippen molar-refractivity contribution in [3.63, 3.8) is 0 Å². The molecule has 1 aliphatic heterocycles. The molecule has 0 bridgehead atoms. The zero-order valence-corrected chi connectivity index (χ0v) is 12.4. The van der Waals surface area contributed by atoms with Gasteiger partial charge in [-0.25, -0.2) is 0 Å². The highest BCUT2D eigenvalue weighted by Gasteiger charge is 2.45. The molecule has 4 heteroatoms. The van der Waals surface area contributed by atoms with Crippen molar-refractivity contribution in [1.82, 2.24) is 9.88 Å². The van der Waals surface area contributed by atoms with Crippen LogP contribution in [-0.2, 0) is 6.42 Å². The fourth-order valence-corrected chi connectivity index (χ4v) is 4.54. The highest BCUT2D eigenvalue weighted by Crippen LogP contribution is 2.40. The second-order valence-corrected chi connectivity index (χ2v) is 7.02. The molecule has 1 saturated carbocycles. The van der Waals surface area contributed by atoms with Gasteiger partial charge in [-0.2, -0.15) is 0 Å². The molecule has 0 radical (unpaired) electrons. The van der Waals surface area contributed by atoms with Crippen molar-refractivity contribution in [3.05, 3.63) is 16.6 Å². The normalized spacial score (nSPS) is 25.5. The largest absolute Gasteiger partial charge is 0.391 e. The Morgan fingerprint density at radius 2 is 1.95 bits per heavy atom. The van der Waals surface area contributed by atoms with Gasteiger partial charge in [-0.3, -0.25) is 9.88 Å². The Balaban J connectivity index is 1.75. The zero-order chi connectivity index (χ0) is 13.1. The molecule has 2 aliphatic rings. The molecule has 1 aromatic heterocycles. The third kappa shape index (κ3) is 2.71. The van der Waals surface area contributed by atoms with Gasteiger partial charge in [0.15, 0.2) is 0 Å².